The van der Waals surface area contributed by atoms with E-state index in [9.17, 15) is 9.18 Å². The van der Waals surface area contributed by atoms with E-state index in [0.29, 0.717) is 25.3 Å². The van der Waals surface area contributed by atoms with Crippen LogP contribution in [-0.4, -0.2) is 37.7 Å². The Kier molecular flexibility index (Phi) is 6.21. The number of halogens is 2. The third kappa shape index (κ3) is 5.00. The first-order valence-electron chi connectivity index (χ1n) is 7.25. The summed E-state index contributed by atoms with van der Waals surface area (Å²) in [7, 11) is 1.68. The number of carbonyl (C=O) groups excluding carboxylic acids is 1. The molecule has 1 aliphatic heterocycles. The minimum atomic E-state index is -0.473. The van der Waals surface area contributed by atoms with Gasteiger partial charge < -0.3 is 15.0 Å². The molecule has 1 heterocycles. The van der Waals surface area contributed by atoms with Gasteiger partial charge in [-0.1, -0.05) is 29.3 Å². The van der Waals surface area contributed by atoms with Gasteiger partial charge in [0, 0.05) is 20.1 Å². The van der Waals surface area contributed by atoms with Crippen LogP contribution < -0.4 is 5.32 Å². The lowest BCUT2D eigenvalue weighted by Gasteiger charge is -2.19. The largest absolute Gasteiger partial charge is 0.377 e. The molecule has 0 radical (unpaired) electrons. The van der Waals surface area contributed by atoms with Gasteiger partial charge >= 0.3 is 6.03 Å². The molecule has 6 heteroatoms. The zero-order valence-corrected chi connectivity index (χ0v) is 13.3. The lowest BCUT2D eigenvalue weighted by Crippen LogP contribution is -2.37. The number of nitrogens with zero attached hydrogens (tertiary/aromatic N) is 1. The van der Waals surface area contributed by atoms with Crippen LogP contribution in [0, 0.1) is 5.82 Å². The molecule has 0 fully saturated rings. The first-order chi connectivity index (χ1) is 10.6. The van der Waals surface area contributed by atoms with Crippen molar-refractivity contribution in [1.29, 1.82) is 0 Å². The fourth-order valence-corrected chi connectivity index (χ4v) is 2.36. The third-order valence-corrected chi connectivity index (χ3v) is 3.84. The van der Waals surface area contributed by atoms with Gasteiger partial charge in [0.15, 0.2) is 0 Å². The van der Waals surface area contributed by atoms with Crippen molar-refractivity contribution in [2.75, 3.05) is 26.8 Å². The van der Waals surface area contributed by atoms with Gasteiger partial charge in [-0.05, 0) is 30.5 Å². The molecule has 0 bridgehead atoms. The zero-order chi connectivity index (χ0) is 15.9. The monoisotopic (exact) mass is 326 g/mol. The van der Waals surface area contributed by atoms with Crippen molar-refractivity contribution in [3.8, 4) is 0 Å². The Morgan fingerprint density at radius 2 is 2.32 bits per heavy atom. The van der Waals surface area contributed by atoms with Crippen LogP contribution in [0.1, 0.15) is 18.4 Å². The maximum atomic E-state index is 13.4. The maximum absolute atomic E-state index is 13.4. The van der Waals surface area contributed by atoms with Gasteiger partial charge in [-0.2, -0.15) is 0 Å². The number of amides is 2. The van der Waals surface area contributed by atoms with Crippen LogP contribution in [0.25, 0.3) is 0 Å². The van der Waals surface area contributed by atoms with Crippen molar-refractivity contribution < 1.29 is 13.9 Å². The Balaban J connectivity index is 1.76. The molecule has 1 N–H and O–H groups in total. The highest BCUT2D eigenvalue weighted by atomic mass is 35.5. The summed E-state index contributed by atoms with van der Waals surface area (Å²) in [5, 5.41) is 2.95. The number of ether oxygens (including phenoxy) is 1. The summed E-state index contributed by atoms with van der Waals surface area (Å²) in [6, 6.07) is 4.37. The predicted octanol–water partition coefficient (Wildman–Crippen LogP) is 3.36. The molecule has 0 spiro atoms. The number of urea groups is 1. The van der Waals surface area contributed by atoms with Gasteiger partial charge in [-0.3, -0.25) is 0 Å². The fourth-order valence-electron chi connectivity index (χ4n) is 2.24. The average molecular weight is 327 g/mol. The number of carbonyl (C=O) groups is 1. The molecule has 0 aliphatic carbocycles. The molecule has 0 unspecified atom stereocenters. The molecular weight excluding hydrogens is 307 g/mol. The van der Waals surface area contributed by atoms with Crippen molar-refractivity contribution >= 4 is 17.6 Å². The number of rotatable bonds is 5. The summed E-state index contributed by atoms with van der Waals surface area (Å²) < 4.78 is 18.6. The van der Waals surface area contributed by atoms with Crippen LogP contribution in [0.4, 0.5) is 9.18 Å². The molecular formula is C16H20ClFN2O2. The number of nitrogens with one attached hydrogen (secondary N) is 1. The van der Waals surface area contributed by atoms with Crippen LogP contribution >= 0.6 is 11.6 Å². The van der Waals surface area contributed by atoms with E-state index in [2.05, 4.69) is 11.4 Å². The predicted molar refractivity (Wildman–Crippen MR) is 84.4 cm³/mol. The van der Waals surface area contributed by atoms with Gasteiger partial charge in [-0.15, -0.1) is 0 Å². The molecule has 1 aromatic rings. The summed E-state index contributed by atoms with van der Waals surface area (Å²) in [4.78, 5) is 13.5. The summed E-state index contributed by atoms with van der Waals surface area (Å²) in [6.07, 6.45) is 3.82. The van der Waals surface area contributed by atoms with E-state index in [1.807, 2.05) is 0 Å². The van der Waals surface area contributed by atoms with E-state index in [-0.39, 0.29) is 11.1 Å². The van der Waals surface area contributed by atoms with Gasteiger partial charge in [0.05, 0.1) is 18.2 Å². The molecule has 120 valence electrons. The number of hydrogen-bond acceptors (Lipinski definition) is 2. The molecule has 0 aromatic heterocycles. The van der Waals surface area contributed by atoms with E-state index in [1.165, 1.54) is 22.6 Å². The summed E-state index contributed by atoms with van der Waals surface area (Å²) in [5.41, 5.74) is 2.01. The molecule has 2 rings (SSSR count). The Bertz CT molecular complexity index is 563. The minimum Gasteiger partial charge on any atom is -0.377 e. The lowest BCUT2D eigenvalue weighted by molar-refractivity contribution is 0.153. The summed E-state index contributed by atoms with van der Waals surface area (Å²) in [6.45, 7) is 2.33. The van der Waals surface area contributed by atoms with Crippen LogP contribution in [-0.2, 0) is 11.3 Å². The SMILES string of the molecule is CN(Cc1ccc(Cl)c(F)c1)C(=O)NCCC1=CCOCC1. The Hall–Kier alpha value is -1.59. The summed E-state index contributed by atoms with van der Waals surface area (Å²) >= 11 is 5.64. The highest BCUT2D eigenvalue weighted by molar-refractivity contribution is 6.30. The van der Waals surface area contributed by atoms with Crippen LogP contribution in [0.3, 0.4) is 0 Å². The van der Waals surface area contributed by atoms with Crippen molar-refractivity contribution in [3.63, 3.8) is 0 Å². The Labute approximate surface area is 134 Å². The minimum absolute atomic E-state index is 0.0839. The van der Waals surface area contributed by atoms with Crippen molar-refractivity contribution in [3.05, 3.63) is 46.3 Å². The van der Waals surface area contributed by atoms with E-state index < -0.39 is 5.82 Å². The van der Waals surface area contributed by atoms with Gasteiger partial charge in [0.1, 0.15) is 5.82 Å². The summed E-state index contributed by atoms with van der Waals surface area (Å²) in [5.74, 6) is -0.473. The number of benzene rings is 1. The average Bonchev–Trinajstić information content (AvgIpc) is 2.52. The number of hydrogen-bond donors (Lipinski definition) is 1. The van der Waals surface area contributed by atoms with Crippen molar-refractivity contribution in [2.24, 2.45) is 0 Å². The Morgan fingerprint density at radius 1 is 1.50 bits per heavy atom. The second-order valence-electron chi connectivity index (χ2n) is 5.27. The molecule has 22 heavy (non-hydrogen) atoms. The first-order valence-corrected chi connectivity index (χ1v) is 7.62. The quantitative estimate of drug-likeness (QED) is 0.843. The van der Waals surface area contributed by atoms with E-state index in [1.54, 1.807) is 13.1 Å². The van der Waals surface area contributed by atoms with E-state index in [4.69, 9.17) is 16.3 Å². The van der Waals surface area contributed by atoms with Gasteiger partial charge in [0.25, 0.3) is 0 Å². The van der Waals surface area contributed by atoms with E-state index >= 15 is 0 Å². The first kappa shape index (κ1) is 16.8. The molecule has 1 aliphatic rings. The normalized spacial score (nSPS) is 14.4. The van der Waals surface area contributed by atoms with Gasteiger partial charge in [0.2, 0.25) is 0 Å². The lowest BCUT2D eigenvalue weighted by atomic mass is 10.1. The molecule has 1 aromatic carbocycles. The fraction of sp³-hybridized carbons (Fsp3) is 0.438. The second kappa shape index (κ2) is 8.15. The topological polar surface area (TPSA) is 41.6 Å². The van der Waals surface area contributed by atoms with E-state index in [0.717, 1.165) is 19.4 Å². The van der Waals surface area contributed by atoms with Crippen LogP contribution in [0.15, 0.2) is 29.8 Å². The molecule has 0 saturated heterocycles. The van der Waals surface area contributed by atoms with Crippen molar-refractivity contribution in [1.82, 2.24) is 10.2 Å². The molecule has 0 atom stereocenters. The Morgan fingerprint density at radius 3 is 3.00 bits per heavy atom. The zero-order valence-electron chi connectivity index (χ0n) is 12.6. The highest BCUT2D eigenvalue weighted by Crippen LogP contribution is 2.16. The van der Waals surface area contributed by atoms with Crippen LogP contribution in [0.5, 0.6) is 0 Å². The highest BCUT2D eigenvalue weighted by Gasteiger charge is 2.10. The maximum Gasteiger partial charge on any atom is 0.317 e. The van der Waals surface area contributed by atoms with Crippen molar-refractivity contribution in [2.45, 2.75) is 19.4 Å². The van der Waals surface area contributed by atoms with Gasteiger partial charge in [-0.25, -0.2) is 9.18 Å². The molecule has 2 amide bonds. The molecule has 0 saturated carbocycles. The molecule has 4 nitrogen and oxygen atoms in total. The van der Waals surface area contributed by atoms with Crippen LogP contribution in [0.2, 0.25) is 5.02 Å². The smallest absolute Gasteiger partial charge is 0.317 e. The third-order valence-electron chi connectivity index (χ3n) is 3.53. The standard InChI is InChI=1S/C16H20ClFN2O2/c1-20(11-13-2-3-14(17)15(18)10-13)16(21)19-7-4-12-5-8-22-9-6-12/h2-3,5,10H,4,6-9,11H2,1H3,(H,19,21). The second-order valence-corrected chi connectivity index (χ2v) is 5.68.